The van der Waals surface area contributed by atoms with Crippen molar-refractivity contribution in [2.24, 2.45) is 0 Å². The van der Waals surface area contributed by atoms with E-state index in [1.165, 1.54) is 16.0 Å². The van der Waals surface area contributed by atoms with Crippen LogP contribution in [0.1, 0.15) is 21.5 Å². The van der Waals surface area contributed by atoms with Gasteiger partial charge in [-0.3, -0.25) is 14.6 Å². The number of hydrogen-bond acceptors (Lipinski definition) is 4. The molecule has 0 radical (unpaired) electrons. The summed E-state index contributed by atoms with van der Waals surface area (Å²) in [6.45, 7) is 6.97. The number of nitrogens with one attached hydrogen (secondary N) is 1. The lowest BCUT2D eigenvalue weighted by Gasteiger charge is -2.34. The SMILES string of the molecule is O=C(NCCSc1ccccc1)c1ccc(CN2CCN(Cc3ccccc3)CC2)cc1. The zero-order valence-electron chi connectivity index (χ0n) is 18.5. The van der Waals surface area contributed by atoms with E-state index in [9.17, 15) is 4.79 Å². The monoisotopic (exact) mass is 445 g/mol. The minimum absolute atomic E-state index is 0.000243. The molecular weight excluding hydrogens is 414 g/mol. The summed E-state index contributed by atoms with van der Waals surface area (Å²) in [5.74, 6) is 0.865. The molecule has 0 unspecified atom stereocenters. The van der Waals surface area contributed by atoms with Gasteiger partial charge in [0.15, 0.2) is 0 Å². The van der Waals surface area contributed by atoms with Gasteiger partial charge in [-0.15, -0.1) is 11.8 Å². The third-order valence-electron chi connectivity index (χ3n) is 5.74. The van der Waals surface area contributed by atoms with Crippen LogP contribution in [-0.4, -0.2) is 54.2 Å². The van der Waals surface area contributed by atoms with Gasteiger partial charge in [0, 0.05) is 62.0 Å². The molecule has 0 atom stereocenters. The maximum absolute atomic E-state index is 12.4. The quantitative estimate of drug-likeness (QED) is 0.388. The van der Waals surface area contributed by atoms with Gasteiger partial charge < -0.3 is 5.32 Å². The number of thioether (sulfide) groups is 1. The smallest absolute Gasteiger partial charge is 0.251 e. The molecule has 3 aromatic carbocycles. The summed E-state index contributed by atoms with van der Waals surface area (Å²) in [6.07, 6.45) is 0. The van der Waals surface area contributed by atoms with Gasteiger partial charge in [0.1, 0.15) is 0 Å². The molecule has 4 nitrogen and oxygen atoms in total. The Bertz CT molecular complexity index is 955. The molecule has 1 N–H and O–H groups in total. The van der Waals surface area contributed by atoms with Crippen LogP contribution in [0.3, 0.4) is 0 Å². The Kier molecular flexibility index (Phi) is 8.37. The summed E-state index contributed by atoms with van der Waals surface area (Å²) >= 11 is 1.76. The van der Waals surface area contributed by atoms with Gasteiger partial charge in [0.25, 0.3) is 5.91 Å². The first-order valence-corrected chi connectivity index (χ1v) is 12.3. The summed E-state index contributed by atoms with van der Waals surface area (Å²) in [6, 6.07) is 29.0. The maximum Gasteiger partial charge on any atom is 0.251 e. The predicted octanol–water partition coefficient (Wildman–Crippen LogP) is 4.53. The molecule has 1 saturated heterocycles. The molecule has 166 valence electrons. The van der Waals surface area contributed by atoms with Crippen molar-refractivity contribution in [3.05, 3.63) is 102 Å². The zero-order valence-corrected chi connectivity index (χ0v) is 19.3. The van der Waals surface area contributed by atoms with Crippen molar-refractivity contribution in [2.45, 2.75) is 18.0 Å². The summed E-state index contributed by atoms with van der Waals surface area (Å²) in [7, 11) is 0. The molecule has 0 aromatic heterocycles. The van der Waals surface area contributed by atoms with E-state index in [4.69, 9.17) is 0 Å². The van der Waals surface area contributed by atoms with E-state index >= 15 is 0 Å². The van der Waals surface area contributed by atoms with E-state index in [1.807, 2.05) is 30.3 Å². The van der Waals surface area contributed by atoms with E-state index in [1.54, 1.807) is 11.8 Å². The highest BCUT2D eigenvalue weighted by Gasteiger charge is 2.17. The molecular formula is C27H31N3OS. The normalized spacial score (nSPS) is 14.9. The second kappa shape index (κ2) is 11.9. The highest BCUT2D eigenvalue weighted by molar-refractivity contribution is 7.99. The Morgan fingerprint density at radius 2 is 1.25 bits per heavy atom. The van der Waals surface area contributed by atoms with Crippen LogP contribution in [0.2, 0.25) is 0 Å². The Balaban J connectivity index is 1.16. The summed E-state index contributed by atoms with van der Waals surface area (Å²) in [4.78, 5) is 18.7. The topological polar surface area (TPSA) is 35.6 Å². The fraction of sp³-hybridized carbons (Fsp3) is 0.296. The number of carbonyl (C=O) groups is 1. The van der Waals surface area contributed by atoms with Crippen LogP contribution >= 0.6 is 11.8 Å². The second-order valence-electron chi connectivity index (χ2n) is 8.15. The maximum atomic E-state index is 12.4. The van der Waals surface area contributed by atoms with Gasteiger partial charge in [-0.25, -0.2) is 0 Å². The van der Waals surface area contributed by atoms with Gasteiger partial charge in [-0.05, 0) is 35.4 Å². The number of nitrogens with zero attached hydrogens (tertiary/aromatic N) is 2. The summed E-state index contributed by atoms with van der Waals surface area (Å²) < 4.78 is 0. The molecule has 0 spiro atoms. The minimum Gasteiger partial charge on any atom is -0.351 e. The number of carbonyl (C=O) groups excluding carboxylic acids is 1. The van der Waals surface area contributed by atoms with E-state index in [0.29, 0.717) is 6.54 Å². The Morgan fingerprint density at radius 3 is 1.84 bits per heavy atom. The average molecular weight is 446 g/mol. The van der Waals surface area contributed by atoms with E-state index in [0.717, 1.165) is 50.6 Å². The van der Waals surface area contributed by atoms with Crippen molar-refractivity contribution in [3.63, 3.8) is 0 Å². The zero-order chi connectivity index (χ0) is 22.0. The molecule has 1 amide bonds. The molecule has 1 heterocycles. The molecule has 3 aromatic rings. The lowest BCUT2D eigenvalue weighted by atomic mass is 10.1. The lowest BCUT2D eigenvalue weighted by Crippen LogP contribution is -2.45. The third kappa shape index (κ3) is 6.95. The molecule has 1 aliphatic rings. The number of amides is 1. The standard InChI is InChI=1S/C27H31N3OS/c31-27(28-15-20-32-26-9-5-2-6-10-26)25-13-11-24(12-14-25)22-30-18-16-29(17-19-30)21-23-7-3-1-4-8-23/h1-14H,15-22H2,(H,28,31). The first-order chi connectivity index (χ1) is 15.8. The second-order valence-corrected chi connectivity index (χ2v) is 9.32. The minimum atomic E-state index is -0.000243. The van der Waals surface area contributed by atoms with Crippen LogP contribution in [0, 0.1) is 0 Å². The molecule has 0 saturated carbocycles. The van der Waals surface area contributed by atoms with Crippen LogP contribution in [-0.2, 0) is 13.1 Å². The van der Waals surface area contributed by atoms with Crippen molar-refractivity contribution < 1.29 is 4.79 Å². The molecule has 1 fully saturated rings. The highest BCUT2D eigenvalue weighted by atomic mass is 32.2. The number of rotatable bonds is 9. The van der Waals surface area contributed by atoms with Crippen LogP contribution < -0.4 is 5.32 Å². The Morgan fingerprint density at radius 1 is 0.719 bits per heavy atom. The Hall–Kier alpha value is -2.60. The number of benzene rings is 3. The van der Waals surface area contributed by atoms with Crippen molar-refractivity contribution in [1.29, 1.82) is 0 Å². The summed E-state index contributed by atoms with van der Waals surface area (Å²) in [5, 5.41) is 3.02. The summed E-state index contributed by atoms with van der Waals surface area (Å²) in [5.41, 5.74) is 3.37. The van der Waals surface area contributed by atoms with E-state index < -0.39 is 0 Å². The van der Waals surface area contributed by atoms with Crippen LogP contribution in [0.4, 0.5) is 0 Å². The van der Waals surface area contributed by atoms with Crippen molar-refractivity contribution in [3.8, 4) is 0 Å². The largest absolute Gasteiger partial charge is 0.351 e. The number of hydrogen-bond donors (Lipinski definition) is 1. The van der Waals surface area contributed by atoms with Gasteiger partial charge in [-0.1, -0.05) is 60.7 Å². The van der Waals surface area contributed by atoms with Crippen molar-refractivity contribution in [1.82, 2.24) is 15.1 Å². The third-order valence-corrected chi connectivity index (χ3v) is 6.75. The van der Waals surface area contributed by atoms with E-state index in [2.05, 4.69) is 69.7 Å². The van der Waals surface area contributed by atoms with Gasteiger partial charge in [0.2, 0.25) is 0 Å². The van der Waals surface area contributed by atoms with Crippen LogP contribution in [0.15, 0.2) is 89.8 Å². The average Bonchev–Trinajstić information content (AvgIpc) is 2.85. The molecule has 32 heavy (non-hydrogen) atoms. The highest BCUT2D eigenvalue weighted by Crippen LogP contribution is 2.16. The molecule has 1 aliphatic heterocycles. The first kappa shape index (κ1) is 22.6. The predicted molar refractivity (Wildman–Crippen MR) is 133 cm³/mol. The first-order valence-electron chi connectivity index (χ1n) is 11.3. The fourth-order valence-electron chi connectivity index (χ4n) is 3.92. The molecule has 0 aliphatic carbocycles. The van der Waals surface area contributed by atoms with Gasteiger partial charge >= 0.3 is 0 Å². The number of piperazine rings is 1. The van der Waals surface area contributed by atoms with E-state index in [-0.39, 0.29) is 5.91 Å². The van der Waals surface area contributed by atoms with Crippen LogP contribution in [0.5, 0.6) is 0 Å². The molecule has 5 heteroatoms. The molecule has 4 rings (SSSR count). The Labute approximate surface area is 195 Å². The van der Waals surface area contributed by atoms with Gasteiger partial charge in [0.05, 0.1) is 0 Å². The van der Waals surface area contributed by atoms with Gasteiger partial charge in [-0.2, -0.15) is 0 Å². The molecule has 0 bridgehead atoms. The van der Waals surface area contributed by atoms with Crippen LogP contribution in [0.25, 0.3) is 0 Å². The fourth-order valence-corrected chi connectivity index (χ4v) is 4.71. The van der Waals surface area contributed by atoms with Crippen molar-refractivity contribution >= 4 is 17.7 Å². The lowest BCUT2D eigenvalue weighted by molar-refractivity contribution is 0.0956. The van der Waals surface area contributed by atoms with Crippen molar-refractivity contribution in [2.75, 3.05) is 38.5 Å².